The number of nitrogens with one attached hydrogen (secondary N) is 1. The van der Waals surface area contributed by atoms with E-state index in [-0.39, 0.29) is 11.8 Å². The minimum atomic E-state index is -0.515. The second kappa shape index (κ2) is 6.59. The van der Waals surface area contributed by atoms with E-state index < -0.39 is 6.10 Å². The third-order valence-corrected chi connectivity index (χ3v) is 4.32. The van der Waals surface area contributed by atoms with E-state index in [1.807, 2.05) is 18.2 Å². The summed E-state index contributed by atoms with van der Waals surface area (Å²) in [4.78, 5) is 14.0. The molecule has 1 amide bonds. The van der Waals surface area contributed by atoms with Crippen LogP contribution in [0.1, 0.15) is 31.4 Å². The number of piperidine rings is 1. The molecule has 110 valence electrons. The lowest BCUT2D eigenvalue weighted by Crippen LogP contribution is -2.42. The fourth-order valence-corrected chi connectivity index (χ4v) is 3.11. The Morgan fingerprint density at radius 3 is 2.95 bits per heavy atom. The topological polar surface area (TPSA) is 52.6 Å². The number of aliphatic hydroxyl groups excluding tert-OH is 1. The second-order valence-electron chi connectivity index (χ2n) is 5.28. The van der Waals surface area contributed by atoms with Crippen molar-refractivity contribution in [3.05, 3.63) is 28.2 Å². The Kier molecular flexibility index (Phi) is 5.05. The smallest absolute Gasteiger partial charge is 0.224 e. The maximum absolute atomic E-state index is 11.8. The maximum Gasteiger partial charge on any atom is 0.224 e. The van der Waals surface area contributed by atoms with E-state index in [1.54, 1.807) is 14.0 Å². The SMILES string of the molecule is CNC(=O)C1CCCN(c2cc(Br)ccc2C(C)O)C1. The van der Waals surface area contributed by atoms with Gasteiger partial charge in [-0.15, -0.1) is 0 Å². The third-order valence-electron chi connectivity index (χ3n) is 3.82. The molecule has 0 bridgehead atoms. The first-order valence-corrected chi connectivity index (χ1v) is 7.76. The highest BCUT2D eigenvalue weighted by Crippen LogP contribution is 2.32. The van der Waals surface area contributed by atoms with Crippen LogP contribution in [0.3, 0.4) is 0 Å². The van der Waals surface area contributed by atoms with Gasteiger partial charge in [0.2, 0.25) is 5.91 Å². The van der Waals surface area contributed by atoms with Crippen molar-refractivity contribution in [3.8, 4) is 0 Å². The zero-order valence-electron chi connectivity index (χ0n) is 11.9. The summed E-state index contributed by atoms with van der Waals surface area (Å²) in [5.41, 5.74) is 1.92. The fraction of sp³-hybridized carbons (Fsp3) is 0.533. The van der Waals surface area contributed by atoms with Crippen LogP contribution in [0.4, 0.5) is 5.69 Å². The minimum absolute atomic E-state index is 0.0228. The number of anilines is 1. The molecule has 0 aliphatic carbocycles. The molecule has 0 saturated carbocycles. The number of amides is 1. The molecule has 2 atom stereocenters. The summed E-state index contributed by atoms with van der Waals surface area (Å²) in [6.45, 7) is 3.40. The fourth-order valence-electron chi connectivity index (χ4n) is 2.76. The predicted octanol–water partition coefficient (Wildman–Crippen LogP) is 2.46. The van der Waals surface area contributed by atoms with Gasteiger partial charge in [0.05, 0.1) is 12.0 Å². The van der Waals surface area contributed by atoms with Crippen LogP contribution in [-0.2, 0) is 4.79 Å². The van der Waals surface area contributed by atoms with E-state index in [0.717, 1.165) is 35.1 Å². The van der Waals surface area contributed by atoms with Crippen LogP contribution >= 0.6 is 15.9 Å². The molecule has 1 saturated heterocycles. The van der Waals surface area contributed by atoms with Crippen LogP contribution in [0.5, 0.6) is 0 Å². The van der Waals surface area contributed by atoms with E-state index in [2.05, 4.69) is 26.1 Å². The first kappa shape index (κ1) is 15.3. The number of benzene rings is 1. The molecule has 1 aliphatic rings. The number of hydrogen-bond acceptors (Lipinski definition) is 3. The van der Waals surface area contributed by atoms with Gasteiger partial charge in [0.25, 0.3) is 0 Å². The number of carbonyl (C=O) groups is 1. The predicted molar refractivity (Wildman–Crippen MR) is 83.8 cm³/mol. The van der Waals surface area contributed by atoms with E-state index >= 15 is 0 Å². The van der Waals surface area contributed by atoms with Crippen LogP contribution in [0.2, 0.25) is 0 Å². The molecule has 5 heteroatoms. The molecule has 0 radical (unpaired) electrons. The van der Waals surface area contributed by atoms with Gasteiger partial charge in [-0.05, 0) is 31.9 Å². The van der Waals surface area contributed by atoms with Gasteiger partial charge in [0.15, 0.2) is 0 Å². The Labute approximate surface area is 128 Å². The lowest BCUT2D eigenvalue weighted by atomic mass is 9.95. The van der Waals surface area contributed by atoms with Gasteiger partial charge in [0.1, 0.15) is 0 Å². The number of carbonyl (C=O) groups excluding carboxylic acids is 1. The van der Waals surface area contributed by atoms with Crippen molar-refractivity contribution in [1.29, 1.82) is 0 Å². The van der Waals surface area contributed by atoms with E-state index in [1.165, 1.54) is 0 Å². The summed E-state index contributed by atoms with van der Waals surface area (Å²) in [7, 11) is 1.68. The van der Waals surface area contributed by atoms with Crippen LogP contribution in [0.15, 0.2) is 22.7 Å². The van der Waals surface area contributed by atoms with E-state index in [4.69, 9.17) is 0 Å². The van der Waals surface area contributed by atoms with Crippen LogP contribution in [0, 0.1) is 5.92 Å². The third kappa shape index (κ3) is 3.33. The largest absolute Gasteiger partial charge is 0.389 e. The molecule has 1 heterocycles. The summed E-state index contributed by atoms with van der Waals surface area (Å²) in [5, 5.41) is 12.7. The Morgan fingerprint density at radius 1 is 1.55 bits per heavy atom. The van der Waals surface area contributed by atoms with Crippen molar-refractivity contribution in [1.82, 2.24) is 5.32 Å². The van der Waals surface area contributed by atoms with Crippen LogP contribution in [-0.4, -0.2) is 31.2 Å². The standard InChI is InChI=1S/C15H21BrN2O2/c1-10(19)13-6-5-12(16)8-14(13)18-7-3-4-11(9-18)15(20)17-2/h5-6,8,10-11,19H,3-4,7,9H2,1-2H3,(H,17,20). The molecule has 20 heavy (non-hydrogen) atoms. The number of hydrogen-bond donors (Lipinski definition) is 2. The molecule has 1 aliphatic heterocycles. The first-order chi connectivity index (χ1) is 9.52. The second-order valence-corrected chi connectivity index (χ2v) is 6.19. The maximum atomic E-state index is 11.8. The average molecular weight is 341 g/mol. The molecule has 2 unspecified atom stereocenters. The van der Waals surface area contributed by atoms with Gasteiger partial charge in [-0.25, -0.2) is 0 Å². The Bertz CT molecular complexity index is 491. The number of rotatable bonds is 3. The quantitative estimate of drug-likeness (QED) is 0.888. The summed E-state index contributed by atoms with van der Waals surface area (Å²) in [6, 6.07) is 5.90. The summed E-state index contributed by atoms with van der Waals surface area (Å²) in [5.74, 6) is 0.123. The Balaban J connectivity index is 2.26. The van der Waals surface area contributed by atoms with Crippen molar-refractivity contribution in [2.45, 2.75) is 25.9 Å². The highest BCUT2D eigenvalue weighted by Gasteiger charge is 2.26. The summed E-state index contributed by atoms with van der Waals surface area (Å²) >= 11 is 3.48. The number of aliphatic hydroxyl groups is 1. The van der Waals surface area contributed by atoms with Gasteiger partial charge < -0.3 is 15.3 Å². The normalized spacial score (nSPS) is 20.6. The van der Waals surface area contributed by atoms with E-state index in [9.17, 15) is 9.90 Å². The number of nitrogens with zero attached hydrogens (tertiary/aromatic N) is 1. The van der Waals surface area contributed by atoms with Crippen molar-refractivity contribution < 1.29 is 9.90 Å². The molecule has 2 rings (SSSR count). The van der Waals surface area contributed by atoms with Gasteiger partial charge in [-0.2, -0.15) is 0 Å². The average Bonchev–Trinajstić information content (AvgIpc) is 2.46. The minimum Gasteiger partial charge on any atom is -0.389 e. The molecule has 0 aromatic heterocycles. The highest BCUT2D eigenvalue weighted by molar-refractivity contribution is 9.10. The molecule has 1 fully saturated rings. The zero-order chi connectivity index (χ0) is 14.7. The summed E-state index contributed by atoms with van der Waals surface area (Å²) < 4.78 is 0.985. The van der Waals surface area contributed by atoms with Crippen LogP contribution in [0.25, 0.3) is 0 Å². The number of halogens is 1. The van der Waals surface area contributed by atoms with Crippen molar-refractivity contribution >= 4 is 27.5 Å². The van der Waals surface area contributed by atoms with Gasteiger partial charge >= 0.3 is 0 Å². The summed E-state index contributed by atoms with van der Waals surface area (Å²) in [6.07, 6.45) is 1.40. The Morgan fingerprint density at radius 2 is 2.30 bits per heavy atom. The van der Waals surface area contributed by atoms with Gasteiger partial charge in [0, 0.05) is 35.9 Å². The molecule has 0 spiro atoms. The zero-order valence-corrected chi connectivity index (χ0v) is 13.5. The molecular weight excluding hydrogens is 320 g/mol. The lowest BCUT2D eigenvalue weighted by molar-refractivity contribution is -0.124. The van der Waals surface area contributed by atoms with Crippen molar-refractivity contribution in [2.75, 3.05) is 25.0 Å². The van der Waals surface area contributed by atoms with Crippen LogP contribution < -0.4 is 10.2 Å². The monoisotopic (exact) mass is 340 g/mol. The highest BCUT2D eigenvalue weighted by atomic mass is 79.9. The van der Waals surface area contributed by atoms with Crippen molar-refractivity contribution in [2.24, 2.45) is 5.92 Å². The first-order valence-electron chi connectivity index (χ1n) is 6.97. The van der Waals surface area contributed by atoms with Crippen molar-refractivity contribution in [3.63, 3.8) is 0 Å². The lowest BCUT2D eigenvalue weighted by Gasteiger charge is -2.35. The molecule has 1 aromatic rings. The molecule has 1 aromatic carbocycles. The molecule has 4 nitrogen and oxygen atoms in total. The van der Waals surface area contributed by atoms with Gasteiger partial charge in [-0.3, -0.25) is 4.79 Å². The van der Waals surface area contributed by atoms with E-state index in [0.29, 0.717) is 6.54 Å². The molecule has 2 N–H and O–H groups in total. The molecular formula is C15H21BrN2O2. The van der Waals surface area contributed by atoms with Gasteiger partial charge in [-0.1, -0.05) is 22.0 Å². The Hall–Kier alpha value is -1.07.